The number of benzene rings is 1. The van der Waals surface area contributed by atoms with Gasteiger partial charge in [0.05, 0.1) is 6.54 Å². The zero-order valence-electron chi connectivity index (χ0n) is 14.9. The third kappa shape index (κ3) is 6.04. The molecule has 0 atom stereocenters. The van der Waals surface area contributed by atoms with Crippen molar-refractivity contribution >= 4 is 21.8 Å². The summed E-state index contributed by atoms with van der Waals surface area (Å²) in [6.07, 6.45) is 2.63. The highest BCUT2D eigenvalue weighted by Gasteiger charge is 2.23. The number of pyridine rings is 1. The van der Waals surface area contributed by atoms with Crippen LogP contribution in [0.25, 0.3) is 0 Å². The third-order valence-electron chi connectivity index (χ3n) is 3.41. The largest absolute Gasteiger partial charge is 0.484 e. The molecule has 0 fully saturated rings. The first-order valence-electron chi connectivity index (χ1n) is 7.92. The van der Waals surface area contributed by atoms with Crippen LogP contribution in [0.5, 0.6) is 5.75 Å². The van der Waals surface area contributed by atoms with Gasteiger partial charge in [-0.1, -0.05) is 12.1 Å². The molecule has 1 heterocycles. The van der Waals surface area contributed by atoms with Gasteiger partial charge < -0.3 is 4.74 Å². The molecule has 144 valence electrons. The quantitative estimate of drug-likeness (QED) is 0.652. The Morgan fingerprint density at radius 3 is 2.56 bits per heavy atom. The predicted molar refractivity (Wildman–Crippen MR) is 97.0 cm³/mol. The average molecular weight is 392 g/mol. The molecule has 0 radical (unpaired) electrons. The number of nitrogens with one attached hydrogen (secondary N) is 2. The van der Waals surface area contributed by atoms with Gasteiger partial charge in [-0.05, 0) is 36.8 Å². The minimum absolute atomic E-state index is 0.0316. The number of rotatable bonds is 7. The molecular formula is C17H20N4O5S. The van der Waals surface area contributed by atoms with Gasteiger partial charge in [0.25, 0.3) is 11.8 Å². The van der Waals surface area contributed by atoms with Gasteiger partial charge in [0.1, 0.15) is 10.6 Å². The summed E-state index contributed by atoms with van der Waals surface area (Å²) in [5, 5.41) is 0. The van der Waals surface area contributed by atoms with E-state index in [0.717, 1.165) is 9.87 Å². The molecular weight excluding hydrogens is 372 g/mol. The maximum Gasteiger partial charge on any atom is 0.276 e. The van der Waals surface area contributed by atoms with Crippen molar-refractivity contribution in [1.82, 2.24) is 20.1 Å². The summed E-state index contributed by atoms with van der Waals surface area (Å²) >= 11 is 0. The van der Waals surface area contributed by atoms with Crippen LogP contribution in [0, 0.1) is 6.92 Å². The lowest BCUT2D eigenvalue weighted by atomic mass is 10.2. The summed E-state index contributed by atoms with van der Waals surface area (Å²) in [4.78, 5) is 27.3. The Labute approximate surface area is 157 Å². The van der Waals surface area contributed by atoms with E-state index in [-0.39, 0.29) is 11.5 Å². The van der Waals surface area contributed by atoms with Gasteiger partial charge in [-0.2, -0.15) is 4.31 Å². The van der Waals surface area contributed by atoms with Crippen LogP contribution in [0.1, 0.15) is 5.56 Å². The Kier molecular flexibility index (Phi) is 6.85. The molecule has 27 heavy (non-hydrogen) atoms. The molecule has 2 aromatic rings. The molecule has 1 aromatic heterocycles. The van der Waals surface area contributed by atoms with Crippen molar-refractivity contribution in [2.45, 2.75) is 11.8 Å². The van der Waals surface area contributed by atoms with Crippen molar-refractivity contribution in [1.29, 1.82) is 0 Å². The molecule has 9 nitrogen and oxygen atoms in total. The van der Waals surface area contributed by atoms with Gasteiger partial charge in [-0.3, -0.25) is 25.4 Å². The van der Waals surface area contributed by atoms with E-state index in [4.69, 9.17) is 4.74 Å². The fourth-order valence-corrected chi connectivity index (χ4v) is 3.13. The average Bonchev–Trinajstić information content (AvgIpc) is 2.65. The lowest BCUT2D eigenvalue weighted by Crippen LogP contribution is -2.48. The molecule has 2 amide bonds. The Balaban J connectivity index is 1.79. The Morgan fingerprint density at radius 1 is 1.15 bits per heavy atom. The molecule has 0 aliphatic rings. The number of hydrazine groups is 1. The highest BCUT2D eigenvalue weighted by atomic mass is 32.2. The van der Waals surface area contributed by atoms with E-state index >= 15 is 0 Å². The molecule has 2 N–H and O–H groups in total. The molecule has 0 unspecified atom stereocenters. The molecule has 0 aliphatic heterocycles. The number of carbonyl (C=O) groups is 2. The fraction of sp³-hybridized carbons (Fsp3) is 0.235. The minimum Gasteiger partial charge on any atom is -0.484 e. The first kappa shape index (κ1) is 20.3. The Bertz CT molecular complexity index is 903. The summed E-state index contributed by atoms with van der Waals surface area (Å²) < 4.78 is 30.7. The van der Waals surface area contributed by atoms with E-state index < -0.39 is 28.4 Å². The number of amides is 2. The SMILES string of the molecule is Cc1cccc(OCC(=O)NNC(=O)CN(C)S(=O)(=O)c2cccnc2)c1. The number of hydrogen-bond acceptors (Lipinski definition) is 6. The smallest absolute Gasteiger partial charge is 0.276 e. The highest BCUT2D eigenvalue weighted by molar-refractivity contribution is 7.89. The van der Waals surface area contributed by atoms with Gasteiger partial charge in [0, 0.05) is 19.4 Å². The van der Waals surface area contributed by atoms with Crippen LogP contribution in [0.2, 0.25) is 0 Å². The summed E-state index contributed by atoms with van der Waals surface area (Å²) in [5.41, 5.74) is 5.30. The lowest BCUT2D eigenvalue weighted by molar-refractivity contribution is -0.130. The monoisotopic (exact) mass is 392 g/mol. The Morgan fingerprint density at radius 2 is 1.89 bits per heavy atom. The molecule has 1 aromatic carbocycles. The maximum absolute atomic E-state index is 12.3. The van der Waals surface area contributed by atoms with Crippen LogP contribution in [-0.4, -0.2) is 49.7 Å². The number of ether oxygens (including phenoxy) is 1. The number of hydrogen-bond donors (Lipinski definition) is 2. The zero-order chi connectivity index (χ0) is 19.9. The molecule has 0 saturated heterocycles. The second kappa shape index (κ2) is 9.10. The summed E-state index contributed by atoms with van der Waals surface area (Å²) in [7, 11) is -2.60. The number of nitrogens with zero attached hydrogens (tertiary/aromatic N) is 2. The number of aryl methyl sites for hydroxylation is 1. The van der Waals surface area contributed by atoms with E-state index in [9.17, 15) is 18.0 Å². The van der Waals surface area contributed by atoms with Gasteiger partial charge in [0.2, 0.25) is 10.0 Å². The molecule has 0 bridgehead atoms. The van der Waals surface area contributed by atoms with Gasteiger partial charge in [0.15, 0.2) is 6.61 Å². The minimum atomic E-state index is -3.85. The van der Waals surface area contributed by atoms with Crippen molar-refractivity contribution in [2.24, 2.45) is 0 Å². The zero-order valence-corrected chi connectivity index (χ0v) is 15.7. The number of likely N-dealkylation sites (N-methyl/N-ethyl adjacent to an activating group) is 1. The van der Waals surface area contributed by atoms with E-state index in [1.54, 1.807) is 18.2 Å². The maximum atomic E-state index is 12.3. The van der Waals surface area contributed by atoms with E-state index in [1.165, 1.54) is 31.6 Å². The molecule has 0 saturated carbocycles. The van der Waals surface area contributed by atoms with E-state index in [2.05, 4.69) is 15.8 Å². The topological polar surface area (TPSA) is 118 Å². The first-order valence-corrected chi connectivity index (χ1v) is 9.36. The van der Waals surface area contributed by atoms with E-state index in [1.807, 2.05) is 13.0 Å². The Hall–Kier alpha value is -2.98. The van der Waals surface area contributed by atoms with Crippen LogP contribution >= 0.6 is 0 Å². The van der Waals surface area contributed by atoms with Crippen LogP contribution in [-0.2, 0) is 19.6 Å². The predicted octanol–water partition coefficient (Wildman–Crippen LogP) is 0.237. The second-order valence-electron chi connectivity index (χ2n) is 5.65. The van der Waals surface area contributed by atoms with Crippen LogP contribution < -0.4 is 15.6 Å². The molecule has 0 aliphatic carbocycles. The van der Waals surface area contributed by atoms with Crippen molar-refractivity contribution in [3.05, 3.63) is 54.4 Å². The number of sulfonamides is 1. The summed E-state index contributed by atoms with van der Waals surface area (Å²) in [6, 6.07) is 10.0. The van der Waals surface area contributed by atoms with Crippen LogP contribution in [0.3, 0.4) is 0 Å². The van der Waals surface area contributed by atoms with E-state index in [0.29, 0.717) is 5.75 Å². The summed E-state index contributed by atoms with van der Waals surface area (Å²) in [5.74, 6) is -0.754. The van der Waals surface area contributed by atoms with Crippen molar-refractivity contribution in [3.8, 4) is 5.75 Å². The third-order valence-corrected chi connectivity index (χ3v) is 5.20. The second-order valence-corrected chi connectivity index (χ2v) is 7.70. The lowest BCUT2D eigenvalue weighted by Gasteiger charge is -2.16. The normalized spacial score (nSPS) is 11.1. The standard InChI is InChI=1S/C17H20N4O5S/c1-13-5-3-6-14(9-13)26-12-17(23)20-19-16(22)11-21(2)27(24,25)15-7-4-8-18-10-15/h3-10H,11-12H2,1-2H3,(H,19,22)(H,20,23). The molecule has 2 rings (SSSR count). The van der Waals surface area contributed by atoms with Gasteiger partial charge in [-0.25, -0.2) is 8.42 Å². The van der Waals surface area contributed by atoms with Gasteiger partial charge >= 0.3 is 0 Å². The van der Waals surface area contributed by atoms with Crippen molar-refractivity contribution < 1.29 is 22.7 Å². The number of aromatic nitrogens is 1. The first-order chi connectivity index (χ1) is 12.8. The van der Waals surface area contributed by atoms with Gasteiger partial charge in [-0.15, -0.1) is 0 Å². The fourth-order valence-electron chi connectivity index (χ4n) is 2.04. The number of carbonyl (C=O) groups excluding carboxylic acids is 2. The van der Waals surface area contributed by atoms with Crippen LogP contribution in [0.15, 0.2) is 53.7 Å². The van der Waals surface area contributed by atoms with Crippen molar-refractivity contribution in [2.75, 3.05) is 20.2 Å². The van der Waals surface area contributed by atoms with Crippen LogP contribution in [0.4, 0.5) is 0 Å². The van der Waals surface area contributed by atoms with Crippen molar-refractivity contribution in [3.63, 3.8) is 0 Å². The highest BCUT2D eigenvalue weighted by Crippen LogP contribution is 2.12. The molecule has 0 spiro atoms. The molecule has 10 heteroatoms. The summed E-state index contributed by atoms with van der Waals surface area (Å²) in [6.45, 7) is 1.12.